The number of aromatic nitrogens is 2. The van der Waals surface area contributed by atoms with Crippen molar-refractivity contribution in [1.29, 1.82) is 0 Å². The number of sulfone groups is 1. The lowest BCUT2D eigenvalue weighted by atomic mass is 10.2. The van der Waals surface area contributed by atoms with Gasteiger partial charge in [-0.3, -0.25) is 0 Å². The number of benzene rings is 1. The predicted molar refractivity (Wildman–Crippen MR) is 92.7 cm³/mol. The molecule has 8 heteroatoms. The Kier molecular flexibility index (Phi) is 4.68. The molecule has 0 saturated heterocycles. The van der Waals surface area contributed by atoms with Crippen molar-refractivity contribution in [3.8, 4) is 10.6 Å². The van der Waals surface area contributed by atoms with Crippen molar-refractivity contribution >= 4 is 44.4 Å². The molecule has 0 aliphatic carbocycles. The number of halogens is 2. The number of hydrogen-bond acceptors (Lipinski definition) is 5. The quantitative estimate of drug-likeness (QED) is 0.664. The van der Waals surface area contributed by atoms with E-state index in [4.69, 9.17) is 23.2 Å². The van der Waals surface area contributed by atoms with Crippen LogP contribution in [0.3, 0.4) is 0 Å². The Labute approximate surface area is 147 Å². The molecule has 2 aromatic heterocycles. The normalized spacial score (nSPS) is 11.6. The van der Waals surface area contributed by atoms with E-state index < -0.39 is 9.84 Å². The largest absolute Gasteiger partial charge is 0.243 e. The molecule has 0 fully saturated rings. The average molecular weight is 385 g/mol. The van der Waals surface area contributed by atoms with E-state index in [0.717, 1.165) is 5.56 Å². The summed E-state index contributed by atoms with van der Waals surface area (Å²) in [5, 5.41) is 2.92. The fourth-order valence-electron chi connectivity index (χ4n) is 1.99. The van der Waals surface area contributed by atoms with E-state index >= 15 is 0 Å². The maximum atomic E-state index is 12.4. The zero-order chi connectivity index (χ0) is 16.4. The summed E-state index contributed by atoms with van der Waals surface area (Å²) < 4.78 is 24.9. The van der Waals surface area contributed by atoms with Gasteiger partial charge >= 0.3 is 0 Å². The van der Waals surface area contributed by atoms with Crippen molar-refractivity contribution in [3.63, 3.8) is 0 Å². The summed E-state index contributed by atoms with van der Waals surface area (Å²) in [7, 11) is -3.65. The van der Waals surface area contributed by atoms with Gasteiger partial charge in [0.1, 0.15) is 5.01 Å². The van der Waals surface area contributed by atoms with Crippen LogP contribution in [-0.2, 0) is 15.6 Å². The second-order valence-corrected chi connectivity index (χ2v) is 8.25. The summed E-state index contributed by atoms with van der Waals surface area (Å²) in [6, 6.07) is 10.4. The highest BCUT2D eigenvalue weighted by Gasteiger charge is 2.22. The van der Waals surface area contributed by atoms with Crippen LogP contribution >= 0.6 is 34.5 Å². The Bertz CT molecular complexity index is 955. The van der Waals surface area contributed by atoms with Crippen molar-refractivity contribution in [2.24, 2.45) is 0 Å². The first-order valence-corrected chi connectivity index (χ1v) is 9.79. The maximum Gasteiger partial charge on any atom is 0.202 e. The standard InChI is InChI=1S/C15H10Cl2N2O2S2/c16-12-5-2-1-4-11(12)14-19-10(8-22-14)9-23(20,21)15-13(17)6-3-7-18-15/h1-8H,9H2. The van der Waals surface area contributed by atoms with Crippen LogP contribution in [0, 0.1) is 0 Å². The van der Waals surface area contributed by atoms with Crippen molar-refractivity contribution in [3.05, 3.63) is 63.7 Å². The zero-order valence-corrected chi connectivity index (χ0v) is 14.8. The first-order chi connectivity index (χ1) is 11.0. The molecule has 3 rings (SSSR count). The zero-order valence-electron chi connectivity index (χ0n) is 11.6. The molecule has 118 valence electrons. The molecule has 2 heterocycles. The van der Waals surface area contributed by atoms with Gasteiger partial charge in [-0.1, -0.05) is 41.4 Å². The Morgan fingerprint density at radius 3 is 2.52 bits per heavy atom. The molecule has 23 heavy (non-hydrogen) atoms. The van der Waals surface area contributed by atoms with Gasteiger partial charge in [-0.2, -0.15) is 0 Å². The average Bonchev–Trinajstić information content (AvgIpc) is 2.95. The number of hydrogen-bond donors (Lipinski definition) is 0. The van der Waals surface area contributed by atoms with Crippen LogP contribution in [0.5, 0.6) is 0 Å². The minimum atomic E-state index is -3.65. The van der Waals surface area contributed by atoms with Gasteiger partial charge in [0.25, 0.3) is 0 Å². The van der Waals surface area contributed by atoms with Gasteiger partial charge in [0.05, 0.1) is 21.5 Å². The highest BCUT2D eigenvalue weighted by molar-refractivity contribution is 7.90. The van der Waals surface area contributed by atoms with Crippen LogP contribution in [0.15, 0.2) is 53.0 Å². The molecular weight excluding hydrogens is 375 g/mol. The number of pyridine rings is 1. The third-order valence-electron chi connectivity index (χ3n) is 3.01. The molecule has 0 radical (unpaired) electrons. The van der Waals surface area contributed by atoms with Crippen molar-refractivity contribution < 1.29 is 8.42 Å². The molecule has 0 bridgehead atoms. The van der Waals surface area contributed by atoms with Crippen LogP contribution < -0.4 is 0 Å². The summed E-state index contributed by atoms with van der Waals surface area (Å²) in [5.41, 5.74) is 1.21. The lowest BCUT2D eigenvalue weighted by molar-refractivity contribution is 0.591. The molecule has 0 atom stereocenters. The van der Waals surface area contributed by atoms with Crippen LogP contribution in [-0.4, -0.2) is 18.4 Å². The molecule has 4 nitrogen and oxygen atoms in total. The summed E-state index contributed by atoms with van der Waals surface area (Å²) in [6.45, 7) is 0. The van der Waals surface area contributed by atoms with Crippen molar-refractivity contribution in [2.45, 2.75) is 10.8 Å². The molecule has 0 saturated carbocycles. The van der Waals surface area contributed by atoms with Gasteiger partial charge in [-0.05, 0) is 18.2 Å². The fourth-order valence-corrected chi connectivity index (χ4v) is 4.97. The van der Waals surface area contributed by atoms with Crippen LogP contribution in [0.2, 0.25) is 10.0 Å². The lowest BCUT2D eigenvalue weighted by Gasteiger charge is -2.03. The second-order valence-electron chi connectivity index (χ2n) is 4.67. The van der Waals surface area contributed by atoms with Gasteiger partial charge in [-0.15, -0.1) is 11.3 Å². The predicted octanol–water partition coefficient (Wildman–Crippen LogP) is 4.49. The van der Waals surface area contributed by atoms with E-state index in [9.17, 15) is 8.42 Å². The smallest absolute Gasteiger partial charge is 0.202 e. The topological polar surface area (TPSA) is 59.9 Å². The summed E-state index contributed by atoms with van der Waals surface area (Å²) in [6.07, 6.45) is 1.40. The van der Waals surface area contributed by atoms with E-state index in [0.29, 0.717) is 15.7 Å². The minimum absolute atomic E-state index is 0.106. The fraction of sp³-hybridized carbons (Fsp3) is 0.0667. The van der Waals surface area contributed by atoms with Gasteiger partial charge in [0.2, 0.25) is 9.84 Å². The Hall–Kier alpha value is -1.47. The highest BCUT2D eigenvalue weighted by Crippen LogP contribution is 2.31. The van der Waals surface area contributed by atoms with E-state index in [1.165, 1.54) is 23.6 Å². The van der Waals surface area contributed by atoms with Gasteiger partial charge in [0.15, 0.2) is 5.03 Å². The molecule has 0 N–H and O–H groups in total. The summed E-state index contributed by atoms with van der Waals surface area (Å²) >= 11 is 13.4. The monoisotopic (exact) mass is 384 g/mol. The van der Waals surface area contributed by atoms with E-state index in [1.807, 2.05) is 18.2 Å². The Morgan fingerprint density at radius 2 is 1.78 bits per heavy atom. The third-order valence-corrected chi connectivity index (χ3v) is 6.27. The maximum absolute atomic E-state index is 12.4. The van der Waals surface area contributed by atoms with Gasteiger partial charge in [-0.25, -0.2) is 18.4 Å². The molecule has 0 aliphatic rings. The van der Waals surface area contributed by atoms with Gasteiger partial charge in [0, 0.05) is 17.1 Å². The van der Waals surface area contributed by atoms with Crippen LogP contribution in [0.25, 0.3) is 10.6 Å². The Balaban J connectivity index is 1.91. The number of rotatable bonds is 4. The third kappa shape index (κ3) is 3.55. The van der Waals surface area contributed by atoms with Crippen LogP contribution in [0.1, 0.15) is 5.69 Å². The lowest BCUT2D eigenvalue weighted by Crippen LogP contribution is -2.08. The Morgan fingerprint density at radius 1 is 1.04 bits per heavy atom. The summed E-state index contributed by atoms with van der Waals surface area (Å²) in [4.78, 5) is 8.23. The van der Waals surface area contributed by atoms with Crippen LogP contribution in [0.4, 0.5) is 0 Å². The number of thiazole rings is 1. The first-order valence-electron chi connectivity index (χ1n) is 6.50. The molecule has 1 aromatic carbocycles. The summed E-state index contributed by atoms with van der Waals surface area (Å²) in [5.74, 6) is -0.259. The van der Waals surface area contributed by atoms with Crippen molar-refractivity contribution in [1.82, 2.24) is 9.97 Å². The van der Waals surface area contributed by atoms with E-state index in [-0.39, 0.29) is 15.8 Å². The van der Waals surface area contributed by atoms with E-state index in [2.05, 4.69) is 9.97 Å². The molecule has 0 amide bonds. The molecule has 0 aliphatic heterocycles. The highest BCUT2D eigenvalue weighted by atomic mass is 35.5. The molecule has 0 unspecified atom stereocenters. The van der Waals surface area contributed by atoms with E-state index in [1.54, 1.807) is 17.5 Å². The minimum Gasteiger partial charge on any atom is -0.243 e. The van der Waals surface area contributed by atoms with Gasteiger partial charge < -0.3 is 0 Å². The molecular formula is C15H10Cl2N2O2S2. The first kappa shape index (κ1) is 16.4. The van der Waals surface area contributed by atoms with Crippen molar-refractivity contribution in [2.75, 3.05) is 0 Å². The second kappa shape index (κ2) is 6.57. The molecule has 0 spiro atoms. The number of nitrogens with zero attached hydrogens (tertiary/aromatic N) is 2. The molecule has 3 aromatic rings. The SMILES string of the molecule is O=S(=O)(Cc1csc(-c2ccccc2Cl)n1)c1ncccc1Cl.